The SMILES string of the molecule is CCCCCC/C=C\C=C/CCCCCCCC(=O)O[C@H](COC(=O)CCCCCCCCCC)COP(=O)(O)OC[C@H](O)COP(=O)(O)OC[C@@H](COC(=O)CCCCCCCCCCCCCCCCC(C)C)OC(=O)CCCCCCCCCCCCCCCCCC(C)C. The van der Waals surface area contributed by atoms with Gasteiger partial charge in [-0.05, 0) is 63.2 Å². The zero-order chi connectivity index (χ0) is 72.1. The van der Waals surface area contributed by atoms with E-state index in [0.717, 1.165) is 121 Å². The molecule has 0 aromatic rings. The molecular weight excluding hydrogens is 1280 g/mol. The third-order valence-corrected chi connectivity index (χ3v) is 19.7. The minimum absolute atomic E-state index is 0.0849. The lowest BCUT2D eigenvalue weighted by Crippen LogP contribution is -2.30. The number of hydrogen-bond donors (Lipinski definition) is 3. The van der Waals surface area contributed by atoms with Crippen LogP contribution in [0.4, 0.5) is 0 Å². The van der Waals surface area contributed by atoms with E-state index < -0.39 is 97.5 Å². The number of hydrogen-bond acceptors (Lipinski definition) is 15. The van der Waals surface area contributed by atoms with E-state index in [4.69, 9.17) is 37.0 Å². The minimum Gasteiger partial charge on any atom is -0.462 e. The lowest BCUT2D eigenvalue weighted by atomic mass is 10.0. The lowest BCUT2D eigenvalue weighted by Gasteiger charge is -2.21. The zero-order valence-electron chi connectivity index (χ0n) is 63.6. The highest BCUT2D eigenvalue weighted by atomic mass is 31.2. The number of carbonyl (C=O) groups excluding carboxylic acids is 4. The van der Waals surface area contributed by atoms with Gasteiger partial charge in [-0.3, -0.25) is 37.3 Å². The first-order valence-electron chi connectivity index (χ1n) is 40.3. The zero-order valence-corrected chi connectivity index (χ0v) is 65.4. The Morgan fingerprint density at radius 1 is 0.316 bits per heavy atom. The molecule has 0 bridgehead atoms. The topological polar surface area (TPSA) is 237 Å². The first kappa shape index (κ1) is 95.5. The van der Waals surface area contributed by atoms with Crippen LogP contribution in [0.25, 0.3) is 0 Å². The van der Waals surface area contributed by atoms with Gasteiger partial charge in [0, 0.05) is 25.7 Å². The second-order valence-corrected chi connectivity index (χ2v) is 31.6. The molecule has 0 aliphatic carbocycles. The van der Waals surface area contributed by atoms with Gasteiger partial charge >= 0.3 is 39.5 Å². The maximum Gasteiger partial charge on any atom is 0.472 e. The molecule has 0 saturated carbocycles. The third kappa shape index (κ3) is 71.9. The van der Waals surface area contributed by atoms with E-state index in [1.807, 2.05) is 0 Å². The van der Waals surface area contributed by atoms with Gasteiger partial charge < -0.3 is 33.8 Å². The van der Waals surface area contributed by atoms with E-state index in [-0.39, 0.29) is 25.7 Å². The molecule has 0 aliphatic heterocycles. The number of esters is 4. The van der Waals surface area contributed by atoms with E-state index in [1.54, 1.807) is 0 Å². The fourth-order valence-electron chi connectivity index (χ4n) is 11.6. The van der Waals surface area contributed by atoms with E-state index in [9.17, 15) is 43.2 Å². The number of rotatable bonds is 76. The van der Waals surface area contributed by atoms with Crippen LogP contribution in [0.5, 0.6) is 0 Å². The van der Waals surface area contributed by atoms with E-state index in [1.165, 1.54) is 186 Å². The maximum absolute atomic E-state index is 13.1. The largest absolute Gasteiger partial charge is 0.472 e. The van der Waals surface area contributed by atoms with Gasteiger partial charge in [0.15, 0.2) is 12.2 Å². The maximum atomic E-state index is 13.1. The highest BCUT2D eigenvalue weighted by molar-refractivity contribution is 7.47. The first-order valence-corrected chi connectivity index (χ1v) is 43.3. The monoisotopic (exact) mass is 1430 g/mol. The Morgan fingerprint density at radius 2 is 0.551 bits per heavy atom. The van der Waals surface area contributed by atoms with Crippen molar-refractivity contribution in [2.45, 2.75) is 407 Å². The Bertz CT molecular complexity index is 1980. The van der Waals surface area contributed by atoms with Crippen molar-refractivity contribution in [2.24, 2.45) is 11.8 Å². The van der Waals surface area contributed by atoms with Gasteiger partial charge in [0.1, 0.15) is 19.3 Å². The molecule has 0 radical (unpaired) electrons. The molecule has 0 aromatic carbocycles. The summed E-state index contributed by atoms with van der Waals surface area (Å²) in [6, 6.07) is 0. The molecule has 0 aromatic heterocycles. The number of ether oxygens (including phenoxy) is 4. The normalized spacial score (nSPS) is 14.1. The van der Waals surface area contributed by atoms with Crippen LogP contribution in [-0.4, -0.2) is 96.7 Å². The van der Waals surface area contributed by atoms with Crippen molar-refractivity contribution >= 4 is 39.5 Å². The molecule has 0 fully saturated rings. The van der Waals surface area contributed by atoms with Crippen LogP contribution in [0.2, 0.25) is 0 Å². The summed E-state index contributed by atoms with van der Waals surface area (Å²) in [6.07, 6.45) is 61.9. The first-order chi connectivity index (χ1) is 47.4. The Labute approximate surface area is 599 Å². The second-order valence-electron chi connectivity index (χ2n) is 28.7. The number of carbonyl (C=O) groups is 4. The fourth-order valence-corrected chi connectivity index (χ4v) is 13.2. The quantitative estimate of drug-likeness (QED) is 0.0169. The lowest BCUT2D eigenvalue weighted by molar-refractivity contribution is -0.161. The molecule has 0 amide bonds. The predicted molar refractivity (Wildman–Crippen MR) is 400 cm³/mol. The van der Waals surface area contributed by atoms with Crippen molar-refractivity contribution in [1.29, 1.82) is 0 Å². The van der Waals surface area contributed by atoms with Crippen LogP contribution >= 0.6 is 15.6 Å². The summed E-state index contributed by atoms with van der Waals surface area (Å²) in [6.45, 7) is 9.57. The summed E-state index contributed by atoms with van der Waals surface area (Å²) < 4.78 is 68.5. The summed E-state index contributed by atoms with van der Waals surface area (Å²) in [7, 11) is -9.93. The van der Waals surface area contributed by atoms with Crippen molar-refractivity contribution in [3.8, 4) is 0 Å². The molecule has 0 saturated heterocycles. The number of allylic oxidation sites excluding steroid dienone is 4. The third-order valence-electron chi connectivity index (χ3n) is 17.8. The number of aliphatic hydroxyl groups is 1. The van der Waals surface area contributed by atoms with Crippen molar-refractivity contribution in [1.82, 2.24) is 0 Å². The molecular formula is C79H150O17P2. The Morgan fingerprint density at radius 3 is 0.837 bits per heavy atom. The van der Waals surface area contributed by atoms with Crippen LogP contribution in [0.1, 0.15) is 388 Å². The Hall–Kier alpha value is -2.46. The average Bonchev–Trinajstić information content (AvgIpc) is 1.05. The van der Waals surface area contributed by atoms with Gasteiger partial charge in [0.2, 0.25) is 0 Å². The predicted octanol–water partition coefficient (Wildman–Crippen LogP) is 23.1. The molecule has 0 aliphatic rings. The van der Waals surface area contributed by atoms with E-state index >= 15 is 0 Å². The molecule has 0 heterocycles. The Balaban J connectivity index is 5.24. The number of phosphoric ester groups is 2. The van der Waals surface area contributed by atoms with Gasteiger partial charge in [-0.1, -0.05) is 336 Å². The number of unbranched alkanes of at least 4 members (excludes halogenated alkanes) is 43. The van der Waals surface area contributed by atoms with Gasteiger partial charge in [-0.2, -0.15) is 0 Å². The van der Waals surface area contributed by atoms with Crippen molar-refractivity contribution in [3.63, 3.8) is 0 Å². The Kier molecular flexibility index (Phi) is 68.5. The van der Waals surface area contributed by atoms with Crippen LogP contribution in [-0.2, 0) is 65.4 Å². The van der Waals surface area contributed by atoms with Crippen molar-refractivity contribution in [2.75, 3.05) is 39.6 Å². The van der Waals surface area contributed by atoms with Crippen LogP contribution in [0.15, 0.2) is 24.3 Å². The summed E-state index contributed by atoms with van der Waals surface area (Å²) in [5.41, 5.74) is 0. The molecule has 0 spiro atoms. The summed E-state index contributed by atoms with van der Waals surface area (Å²) in [5, 5.41) is 10.6. The standard InChI is InChI=1S/C79H150O17P2/c1-7-9-11-13-15-17-18-19-21-29-34-39-45-51-57-63-78(83)95-74(67-89-76(81)61-55-49-43-16-14-12-10-8-2)69-93-97(85,86)91-65-73(80)66-92-98(87,88)94-70-75(68-90-77(82)62-56-50-44-38-33-28-25-24-27-32-37-42-48-54-60-72(5)6)96-79(84)64-58-52-46-40-35-30-23-20-22-26-31-36-41-47-53-59-71(3)4/h17-19,21,71-75,80H,7-16,20,22-70H2,1-6H3,(H,85,86)(H,87,88)/b18-17-,21-19-/t73-,74+,75+/m0/s1. The summed E-state index contributed by atoms with van der Waals surface area (Å²) >= 11 is 0. The molecule has 2 unspecified atom stereocenters. The van der Waals surface area contributed by atoms with Crippen LogP contribution < -0.4 is 0 Å². The molecule has 5 atom stereocenters. The second kappa shape index (κ2) is 70.2. The van der Waals surface area contributed by atoms with Gasteiger partial charge in [0.05, 0.1) is 26.4 Å². The minimum atomic E-state index is -4.96. The van der Waals surface area contributed by atoms with Gasteiger partial charge in [-0.15, -0.1) is 0 Å². The summed E-state index contributed by atoms with van der Waals surface area (Å²) in [4.78, 5) is 72.8. The van der Waals surface area contributed by atoms with E-state index in [2.05, 4.69) is 65.8 Å². The van der Waals surface area contributed by atoms with E-state index in [0.29, 0.717) is 25.7 Å². The summed E-state index contributed by atoms with van der Waals surface area (Å²) in [5.74, 6) is -0.545. The van der Waals surface area contributed by atoms with Crippen LogP contribution in [0.3, 0.4) is 0 Å². The molecule has 98 heavy (non-hydrogen) atoms. The van der Waals surface area contributed by atoms with Crippen LogP contribution in [0, 0.1) is 11.8 Å². The number of phosphoric acid groups is 2. The van der Waals surface area contributed by atoms with Crippen molar-refractivity contribution in [3.05, 3.63) is 24.3 Å². The molecule has 19 heteroatoms. The number of aliphatic hydroxyl groups excluding tert-OH is 1. The molecule has 3 N–H and O–H groups in total. The van der Waals surface area contributed by atoms with Gasteiger partial charge in [-0.25, -0.2) is 9.13 Å². The fraction of sp³-hybridized carbons (Fsp3) is 0.899. The molecule has 0 rings (SSSR count). The van der Waals surface area contributed by atoms with Gasteiger partial charge in [0.25, 0.3) is 0 Å². The average molecular weight is 1430 g/mol. The highest BCUT2D eigenvalue weighted by Crippen LogP contribution is 2.45. The highest BCUT2D eigenvalue weighted by Gasteiger charge is 2.30. The molecule has 17 nitrogen and oxygen atoms in total. The smallest absolute Gasteiger partial charge is 0.462 e. The molecule has 578 valence electrons. The van der Waals surface area contributed by atoms with Crippen molar-refractivity contribution < 1.29 is 80.2 Å².